The van der Waals surface area contributed by atoms with Crippen molar-refractivity contribution in [1.82, 2.24) is 25.1 Å². The van der Waals surface area contributed by atoms with Gasteiger partial charge in [-0.15, -0.1) is 11.8 Å². The molecule has 0 fully saturated rings. The van der Waals surface area contributed by atoms with Crippen molar-refractivity contribution in [2.75, 3.05) is 11.1 Å². The molecule has 1 aromatic carbocycles. The van der Waals surface area contributed by atoms with E-state index in [1.165, 1.54) is 0 Å². The second-order valence-corrected chi connectivity index (χ2v) is 6.84. The topological polar surface area (TPSA) is 116 Å². The summed E-state index contributed by atoms with van der Waals surface area (Å²) in [6.45, 7) is 5.80. The Labute approximate surface area is 149 Å². The fourth-order valence-electron chi connectivity index (χ4n) is 2.14. The lowest BCUT2D eigenvalue weighted by Crippen LogP contribution is -2.07. The summed E-state index contributed by atoms with van der Waals surface area (Å²) in [4.78, 5) is 17.0. The molecule has 2 aromatic heterocycles. The number of anilines is 3. The van der Waals surface area contributed by atoms with E-state index in [1.54, 1.807) is 18.7 Å². The number of nitrogen functional groups attached to an aromatic ring is 1. The van der Waals surface area contributed by atoms with Crippen molar-refractivity contribution in [2.24, 2.45) is 0 Å². The predicted molar refractivity (Wildman–Crippen MR) is 97.4 cm³/mol. The Morgan fingerprint density at radius 3 is 2.68 bits per heavy atom. The number of nitrogens with one attached hydrogen (secondary N) is 1. The van der Waals surface area contributed by atoms with Crippen LogP contribution in [-0.4, -0.2) is 25.1 Å². The molecule has 8 nitrogen and oxygen atoms in total. The van der Waals surface area contributed by atoms with Gasteiger partial charge in [-0.2, -0.15) is 19.9 Å². The third-order valence-corrected chi connectivity index (χ3v) is 4.57. The maximum atomic E-state index is 5.82. The third kappa shape index (κ3) is 4.44. The van der Waals surface area contributed by atoms with Gasteiger partial charge in [-0.05, 0) is 32.4 Å². The van der Waals surface area contributed by atoms with E-state index in [0.29, 0.717) is 29.2 Å². The highest BCUT2D eigenvalue weighted by atomic mass is 32.2. The number of hydrogen-bond donors (Lipinski definition) is 2. The molecule has 0 aliphatic carbocycles. The summed E-state index contributed by atoms with van der Waals surface area (Å²) < 4.78 is 5.18. The van der Waals surface area contributed by atoms with Gasteiger partial charge in [0.1, 0.15) is 5.82 Å². The maximum absolute atomic E-state index is 5.82. The molecule has 2 heterocycles. The second kappa shape index (κ2) is 7.47. The average Bonchev–Trinajstić information content (AvgIpc) is 3.01. The van der Waals surface area contributed by atoms with Crippen LogP contribution in [0.3, 0.4) is 0 Å². The van der Waals surface area contributed by atoms with Crippen molar-refractivity contribution < 1.29 is 4.52 Å². The summed E-state index contributed by atoms with van der Waals surface area (Å²) in [5.74, 6) is 2.97. The zero-order chi connectivity index (χ0) is 17.8. The van der Waals surface area contributed by atoms with Crippen LogP contribution >= 0.6 is 11.8 Å². The zero-order valence-electron chi connectivity index (χ0n) is 14.2. The number of hydrogen-bond acceptors (Lipinski definition) is 9. The first kappa shape index (κ1) is 17.2. The van der Waals surface area contributed by atoms with Gasteiger partial charge in [-0.25, -0.2) is 0 Å². The van der Waals surface area contributed by atoms with Crippen molar-refractivity contribution in [1.29, 1.82) is 0 Å². The quantitative estimate of drug-likeness (QED) is 0.686. The van der Waals surface area contributed by atoms with Crippen LogP contribution in [0.1, 0.15) is 35.3 Å². The lowest BCUT2D eigenvalue weighted by atomic mass is 10.2. The fourth-order valence-corrected chi connectivity index (χ4v) is 2.91. The van der Waals surface area contributed by atoms with Crippen LogP contribution in [0, 0.1) is 13.8 Å². The molecule has 3 N–H and O–H groups in total. The number of para-hydroxylation sites is 1. The molecule has 0 saturated heterocycles. The lowest BCUT2D eigenvalue weighted by molar-refractivity contribution is 0.376. The summed E-state index contributed by atoms with van der Waals surface area (Å²) in [6.07, 6.45) is 0. The van der Waals surface area contributed by atoms with E-state index < -0.39 is 0 Å². The largest absolute Gasteiger partial charge is 0.368 e. The SMILES string of the molecule is Cc1noc([C@H](C)SCc2nc(N)nc(Nc3ccccc3C)n2)n1. The van der Waals surface area contributed by atoms with Crippen molar-refractivity contribution >= 4 is 29.3 Å². The second-order valence-electron chi connectivity index (χ2n) is 5.51. The number of benzene rings is 1. The number of aromatic nitrogens is 5. The molecule has 130 valence electrons. The first-order chi connectivity index (χ1) is 12.0. The fraction of sp³-hybridized carbons (Fsp3) is 0.312. The van der Waals surface area contributed by atoms with Gasteiger partial charge in [0.2, 0.25) is 17.8 Å². The molecule has 0 amide bonds. The third-order valence-electron chi connectivity index (χ3n) is 3.44. The first-order valence-corrected chi connectivity index (χ1v) is 8.81. The highest BCUT2D eigenvalue weighted by molar-refractivity contribution is 7.98. The van der Waals surface area contributed by atoms with Gasteiger partial charge in [-0.3, -0.25) is 0 Å². The smallest absolute Gasteiger partial charge is 0.239 e. The highest BCUT2D eigenvalue weighted by Crippen LogP contribution is 2.29. The van der Waals surface area contributed by atoms with Crippen LogP contribution in [0.15, 0.2) is 28.8 Å². The maximum Gasteiger partial charge on any atom is 0.239 e. The molecule has 1 atom stereocenters. The van der Waals surface area contributed by atoms with Crippen molar-refractivity contribution in [2.45, 2.75) is 31.8 Å². The molecule has 9 heteroatoms. The molecule has 0 aliphatic rings. The van der Waals surface area contributed by atoms with Crippen LogP contribution < -0.4 is 11.1 Å². The molecule has 3 rings (SSSR count). The minimum atomic E-state index is 0.0342. The number of nitrogens with two attached hydrogens (primary N) is 1. The van der Waals surface area contributed by atoms with E-state index in [0.717, 1.165) is 11.3 Å². The van der Waals surface area contributed by atoms with Gasteiger partial charge in [0.25, 0.3) is 0 Å². The zero-order valence-corrected chi connectivity index (χ0v) is 15.0. The lowest BCUT2D eigenvalue weighted by Gasteiger charge is -2.10. The van der Waals surface area contributed by atoms with Gasteiger partial charge in [-0.1, -0.05) is 23.4 Å². The normalized spacial score (nSPS) is 12.1. The molecule has 0 radical (unpaired) electrons. The van der Waals surface area contributed by atoms with Crippen molar-refractivity contribution in [3.05, 3.63) is 47.4 Å². The van der Waals surface area contributed by atoms with E-state index in [-0.39, 0.29) is 11.2 Å². The first-order valence-electron chi connectivity index (χ1n) is 7.76. The average molecular weight is 357 g/mol. The minimum absolute atomic E-state index is 0.0342. The summed E-state index contributed by atoms with van der Waals surface area (Å²) in [7, 11) is 0. The van der Waals surface area contributed by atoms with E-state index in [4.69, 9.17) is 10.3 Å². The minimum Gasteiger partial charge on any atom is -0.368 e. The summed E-state index contributed by atoms with van der Waals surface area (Å²) >= 11 is 1.59. The van der Waals surface area contributed by atoms with E-state index in [1.807, 2.05) is 38.1 Å². The van der Waals surface area contributed by atoms with Crippen LogP contribution in [-0.2, 0) is 5.75 Å². The number of nitrogens with zero attached hydrogens (tertiary/aromatic N) is 5. The molecule has 0 spiro atoms. The summed E-state index contributed by atoms with van der Waals surface area (Å²) in [6, 6.07) is 7.90. The Morgan fingerprint density at radius 2 is 1.96 bits per heavy atom. The van der Waals surface area contributed by atoms with Crippen LogP contribution in [0.25, 0.3) is 0 Å². The Balaban J connectivity index is 1.70. The van der Waals surface area contributed by atoms with Gasteiger partial charge in [0.15, 0.2) is 5.82 Å². The number of thioether (sulfide) groups is 1. The van der Waals surface area contributed by atoms with Crippen molar-refractivity contribution in [3.8, 4) is 0 Å². The molecule has 0 unspecified atom stereocenters. The Hall–Kier alpha value is -2.68. The van der Waals surface area contributed by atoms with E-state index >= 15 is 0 Å². The molecule has 0 saturated carbocycles. The van der Waals surface area contributed by atoms with Crippen LogP contribution in [0.2, 0.25) is 0 Å². The predicted octanol–water partition coefficient (Wildman–Crippen LogP) is 3.19. The van der Waals surface area contributed by atoms with E-state index in [9.17, 15) is 0 Å². The highest BCUT2D eigenvalue weighted by Gasteiger charge is 2.15. The molecule has 25 heavy (non-hydrogen) atoms. The van der Waals surface area contributed by atoms with Crippen LogP contribution in [0.5, 0.6) is 0 Å². The van der Waals surface area contributed by atoms with Gasteiger partial charge >= 0.3 is 0 Å². The molecular formula is C16H19N7OS. The molecule has 0 aliphatic heterocycles. The Morgan fingerprint density at radius 1 is 1.16 bits per heavy atom. The van der Waals surface area contributed by atoms with Crippen molar-refractivity contribution in [3.63, 3.8) is 0 Å². The monoisotopic (exact) mass is 357 g/mol. The molecule has 3 aromatic rings. The Bertz CT molecular complexity index is 867. The Kier molecular flexibility index (Phi) is 5.13. The standard InChI is InChI=1S/C16H19N7OS/c1-9-6-4-5-7-12(9)19-16-21-13(20-15(17)22-16)8-25-10(2)14-18-11(3)23-24-14/h4-7,10H,8H2,1-3H3,(H3,17,19,20,21,22)/t10-/m0/s1. The number of aryl methyl sites for hydroxylation is 2. The molecular weight excluding hydrogens is 338 g/mol. The summed E-state index contributed by atoms with van der Waals surface area (Å²) in [5, 5.41) is 7.02. The number of rotatable bonds is 6. The van der Waals surface area contributed by atoms with Gasteiger partial charge < -0.3 is 15.6 Å². The van der Waals surface area contributed by atoms with Gasteiger partial charge in [0, 0.05) is 5.69 Å². The van der Waals surface area contributed by atoms with Gasteiger partial charge in [0.05, 0.1) is 11.0 Å². The van der Waals surface area contributed by atoms with Crippen LogP contribution in [0.4, 0.5) is 17.6 Å². The van der Waals surface area contributed by atoms with E-state index in [2.05, 4.69) is 30.4 Å². The summed E-state index contributed by atoms with van der Waals surface area (Å²) in [5.41, 5.74) is 7.85. The molecule has 0 bridgehead atoms.